The fourth-order valence-corrected chi connectivity index (χ4v) is 4.10. The van der Waals surface area contributed by atoms with Crippen molar-refractivity contribution in [3.8, 4) is 0 Å². The monoisotopic (exact) mass is 449 g/mol. The lowest BCUT2D eigenvalue weighted by Crippen LogP contribution is -2.53. The molecule has 180 valence electrons. The van der Waals surface area contributed by atoms with Crippen molar-refractivity contribution in [1.29, 1.82) is 0 Å². The van der Waals surface area contributed by atoms with Gasteiger partial charge >= 0.3 is 6.09 Å². The Morgan fingerprint density at radius 3 is 2.59 bits per heavy atom. The number of primary amides is 1. The van der Waals surface area contributed by atoms with Gasteiger partial charge in [-0.25, -0.2) is 4.79 Å². The van der Waals surface area contributed by atoms with Crippen LogP contribution in [0.1, 0.15) is 72.1 Å². The molecule has 2 fully saturated rings. The third kappa shape index (κ3) is 8.20. The molecule has 3 amide bonds. The lowest BCUT2D eigenvalue weighted by Gasteiger charge is -2.28. The van der Waals surface area contributed by atoms with Crippen LogP contribution in [-0.4, -0.2) is 52.1 Å². The molecule has 1 unspecified atom stereocenters. The van der Waals surface area contributed by atoms with Crippen LogP contribution in [0.2, 0.25) is 0 Å². The molecule has 32 heavy (non-hydrogen) atoms. The SMILES string of the molecule is C=C(O)[C@H]1CC1/C=C\CCCCC[C@H](NC(=O)OC(C)(C)C)C(=O)N1CCC[C@H]1C(N)=O. The van der Waals surface area contributed by atoms with E-state index in [1.165, 1.54) is 4.90 Å². The topological polar surface area (TPSA) is 122 Å². The number of alkyl carbamates (subject to hydrolysis) is 1. The van der Waals surface area contributed by atoms with Gasteiger partial charge in [0.15, 0.2) is 0 Å². The number of amides is 3. The van der Waals surface area contributed by atoms with Crippen LogP contribution in [0, 0.1) is 11.8 Å². The molecule has 2 aliphatic rings. The van der Waals surface area contributed by atoms with Gasteiger partial charge < -0.3 is 25.8 Å². The van der Waals surface area contributed by atoms with Gasteiger partial charge in [-0.15, -0.1) is 0 Å². The average Bonchev–Trinajstić information content (AvgIpc) is 3.28. The first-order chi connectivity index (χ1) is 15.0. The van der Waals surface area contributed by atoms with Crippen LogP contribution in [0.3, 0.4) is 0 Å². The summed E-state index contributed by atoms with van der Waals surface area (Å²) in [6, 6.07) is -1.36. The Labute approximate surface area is 191 Å². The van der Waals surface area contributed by atoms with E-state index in [1.807, 2.05) is 0 Å². The highest BCUT2D eigenvalue weighted by molar-refractivity contribution is 5.91. The summed E-state index contributed by atoms with van der Waals surface area (Å²) in [4.78, 5) is 38.6. The average molecular weight is 450 g/mol. The minimum Gasteiger partial charge on any atom is -0.513 e. The Kier molecular flexibility index (Phi) is 9.16. The second-order valence-corrected chi connectivity index (χ2v) is 9.85. The van der Waals surface area contributed by atoms with Gasteiger partial charge in [0.2, 0.25) is 11.8 Å². The van der Waals surface area contributed by atoms with Crippen molar-refractivity contribution in [2.75, 3.05) is 6.54 Å². The van der Waals surface area contributed by atoms with Crippen LogP contribution in [0.15, 0.2) is 24.5 Å². The molecular formula is C24H39N3O5. The van der Waals surface area contributed by atoms with E-state index in [4.69, 9.17) is 10.5 Å². The van der Waals surface area contributed by atoms with Gasteiger partial charge in [-0.1, -0.05) is 31.6 Å². The van der Waals surface area contributed by atoms with Gasteiger partial charge in [0.25, 0.3) is 0 Å². The standard InChI is InChI=1S/C24H39N3O5/c1-16(28)18-15-17(18)11-8-6-5-7-9-12-19(26-23(31)32-24(2,3)4)22(30)27-14-10-13-20(27)21(25)29/h8,11,17-20,28H,1,5-7,9-10,12-15H2,2-4H3,(H2,25,29)(H,26,31)/b11-8-/t17?,18-,19+,20+/m1/s1. The van der Waals surface area contributed by atoms with Crippen LogP contribution >= 0.6 is 0 Å². The van der Waals surface area contributed by atoms with Crippen LogP contribution in [0.4, 0.5) is 4.79 Å². The normalized spacial score (nSPS) is 23.7. The van der Waals surface area contributed by atoms with E-state index in [-0.39, 0.29) is 17.6 Å². The molecule has 8 heteroatoms. The smallest absolute Gasteiger partial charge is 0.408 e. The number of nitrogens with two attached hydrogens (primary N) is 1. The number of aliphatic hydroxyl groups is 1. The molecule has 0 radical (unpaired) electrons. The lowest BCUT2D eigenvalue weighted by atomic mass is 10.0. The number of nitrogens with zero attached hydrogens (tertiary/aromatic N) is 1. The number of aliphatic hydroxyl groups excluding tert-OH is 1. The van der Waals surface area contributed by atoms with Crippen LogP contribution in [0.5, 0.6) is 0 Å². The summed E-state index contributed by atoms with van der Waals surface area (Å²) in [6.07, 6.45) is 9.90. The van der Waals surface area contributed by atoms with E-state index in [1.54, 1.807) is 20.8 Å². The number of ether oxygens (including phenoxy) is 1. The molecule has 0 spiro atoms. The number of unbranched alkanes of at least 4 members (excludes halogenated alkanes) is 3. The molecule has 2 rings (SSSR count). The first-order valence-electron chi connectivity index (χ1n) is 11.6. The Bertz CT molecular complexity index is 728. The number of hydrogen-bond donors (Lipinski definition) is 3. The van der Waals surface area contributed by atoms with Crippen molar-refractivity contribution in [3.05, 3.63) is 24.5 Å². The summed E-state index contributed by atoms with van der Waals surface area (Å²) >= 11 is 0. The van der Waals surface area contributed by atoms with Gasteiger partial charge in [-0.2, -0.15) is 0 Å². The fraction of sp³-hybridized carbons (Fsp3) is 0.708. The van der Waals surface area contributed by atoms with Crippen molar-refractivity contribution in [1.82, 2.24) is 10.2 Å². The molecule has 1 aliphatic heterocycles. The Morgan fingerprint density at radius 2 is 2.00 bits per heavy atom. The Morgan fingerprint density at radius 1 is 1.28 bits per heavy atom. The number of hydrogen-bond acceptors (Lipinski definition) is 5. The molecule has 0 aromatic rings. The van der Waals surface area contributed by atoms with Crippen molar-refractivity contribution < 1.29 is 24.2 Å². The van der Waals surface area contributed by atoms with Crippen molar-refractivity contribution >= 4 is 17.9 Å². The summed E-state index contributed by atoms with van der Waals surface area (Å²) in [6.45, 7) is 9.33. The van der Waals surface area contributed by atoms with E-state index < -0.39 is 29.7 Å². The van der Waals surface area contributed by atoms with Gasteiger partial charge in [-0.05, 0) is 65.2 Å². The zero-order chi connectivity index (χ0) is 23.9. The van der Waals surface area contributed by atoms with Crippen molar-refractivity contribution in [2.24, 2.45) is 17.6 Å². The van der Waals surface area contributed by atoms with E-state index in [0.29, 0.717) is 25.3 Å². The zero-order valence-corrected chi connectivity index (χ0v) is 19.6. The second kappa shape index (κ2) is 11.4. The molecule has 4 atom stereocenters. The predicted molar refractivity (Wildman–Crippen MR) is 123 cm³/mol. The second-order valence-electron chi connectivity index (χ2n) is 9.85. The molecule has 4 N–H and O–H groups in total. The molecule has 8 nitrogen and oxygen atoms in total. The van der Waals surface area contributed by atoms with Gasteiger partial charge in [0.1, 0.15) is 17.7 Å². The Hall–Kier alpha value is -2.51. The fourth-order valence-electron chi connectivity index (χ4n) is 4.10. The molecule has 1 saturated carbocycles. The summed E-state index contributed by atoms with van der Waals surface area (Å²) in [5.41, 5.74) is 4.79. The maximum atomic E-state index is 13.1. The summed E-state index contributed by atoms with van der Waals surface area (Å²) in [5, 5.41) is 12.1. The molecule has 0 bridgehead atoms. The largest absolute Gasteiger partial charge is 0.513 e. The zero-order valence-electron chi connectivity index (χ0n) is 19.6. The van der Waals surface area contributed by atoms with Crippen LogP contribution in [0.25, 0.3) is 0 Å². The molecule has 1 saturated heterocycles. The van der Waals surface area contributed by atoms with Crippen LogP contribution in [-0.2, 0) is 14.3 Å². The molecular weight excluding hydrogens is 410 g/mol. The number of likely N-dealkylation sites (tertiary alicyclic amines) is 1. The number of carbonyl (C=O) groups is 3. The highest BCUT2D eigenvalue weighted by Crippen LogP contribution is 2.43. The summed E-state index contributed by atoms with van der Waals surface area (Å²) in [5.74, 6) is 0.102. The Balaban J connectivity index is 1.83. The van der Waals surface area contributed by atoms with E-state index in [2.05, 4.69) is 24.0 Å². The summed E-state index contributed by atoms with van der Waals surface area (Å²) in [7, 11) is 0. The summed E-state index contributed by atoms with van der Waals surface area (Å²) < 4.78 is 5.32. The van der Waals surface area contributed by atoms with E-state index >= 15 is 0 Å². The highest BCUT2D eigenvalue weighted by Gasteiger charge is 2.38. The third-order valence-electron chi connectivity index (χ3n) is 5.87. The number of allylic oxidation sites excluding steroid dienone is 3. The molecule has 1 aliphatic carbocycles. The van der Waals surface area contributed by atoms with Gasteiger partial charge in [0.05, 0.1) is 5.76 Å². The minimum absolute atomic E-state index is 0.215. The van der Waals surface area contributed by atoms with Gasteiger partial charge in [0, 0.05) is 12.5 Å². The maximum absolute atomic E-state index is 13.1. The highest BCUT2D eigenvalue weighted by atomic mass is 16.6. The maximum Gasteiger partial charge on any atom is 0.408 e. The molecule has 1 heterocycles. The first-order valence-corrected chi connectivity index (χ1v) is 11.6. The number of rotatable bonds is 11. The first kappa shape index (κ1) is 25.7. The van der Waals surface area contributed by atoms with Crippen molar-refractivity contribution in [2.45, 2.75) is 89.8 Å². The number of nitrogens with one attached hydrogen (secondary N) is 1. The molecule has 0 aromatic carbocycles. The lowest BCUT2D eigenvalue weighted by molar-refractivity contribution is -0.139. The van der Waals surface area contributed by atoms with Gasteiger partial charge in [-0.3, -0.25) is 9.59 Å². The van der Waals surface area contributed by atoms with Crippen LogP contribution < -0.4 is 11.1 Å². The van der Waals surface area contributed by atoms with E-state index in [0.717, 1.165) is 38.5 Å². The quantitative estimate of drug-likeness (QED) is 0.253. The third-order valence-corrected chi connectivity index (χ3v) is 5.87. The van der Waals surface area contributed by atoms with E-state index in [9.17, 15) is 19.5 Å². The molecule has 0 aromatic heterocycles. The minimum atomic E-state index is -0.747. The predicted octanol–water partition coefficient (Wildman–Crippen LogP) is 3.57. The number of carbonyl (C=O) groups excluding carboxylic acids is 3. The van der Waals surface area contributed by atoms with Crippen molar-refractivity contribution in [3.63, 3.8) is 0 Å².